The fraction of sp³-hybridized carbons (Fsp3) is 0.636. The summed E-state index contributed by atoms with van der Waals surface area (Å²) in [5.74, 6) is -0.396. The summed E-state index contributed by atoms with van der Waals surface area (Å²) in [4.78, 5) is 24.2. The Hall–Kier alpha value is -1.52. The second kappa shape index (κ2) is 4.55. The van der Waals surface area contributed by atoms with E-state index in [9.17, 15) is 9.59 Å². The molecule has 1 amide bonds. The highest BCUT2D eigenvalue weighted by Gasteiger charge is 2.40. The molecular weight excluding hydrogens is 210 g/mol. The Morgan fingerprint density at radius 1 is 1.69 bits per heavy atom. The van der Waals surface area contributed by atoms with E-state index in [0.717, 1.165) is 0 Å². The average Bonchev–Trinajstić information content (AvgIpc) is 2.12. The van der Waals surface area contributed by atoms with E-state index in [4.69, 9.17) is 4.74 Å². The smallest absolute Gasteiger partial charge is 0.411 e. The van der Waals surface area contributed by atoms with Gasteiger partial charge in [0.1, 0.15) is 12.2 Å². The number of ether oxygens (including phenoxy) is 2. The van der Waals surface area contributed by atoms with Gasteiger partial charge in [-0.2, -0.15) is 0 Å². The molecule has 1 fully saturated rings. The topological polar surface area (TPSA) is 55.8 Å². The van der Waals surface area contributed by atoms with Crippen molar-refractivity contribution < 1.29 is 19.1 Å². The number of amides is 1. The average molecular weight is 227 g/mol. The van der Waals surface area contributed by atoms with Crippen molar-refractivity contribution in [3.8, 4) is 0 Å². The quantitative estimate of drug-likeness (QED) is 0.539. The molecular formula is C11H17NO4. The normalized spacial score (nSPS) is 19.4. The molecule has 1 saturated heterocycles. The summed E-state index contributed by atoms with van der Waals surface area (Å²) in [6.07, 6.45) is 1.03. The second-order valence-corrected chi connectivity index (χ2v) is 4.57. The van der Waals surface area contributed by atoms with Crippen LogP contribution in [0.4, 0.5) is 4.79 Å². The van der Waals surface area contributed by atoms with Crippen LogP contribution in [0.2, 0.25) is 0 Å². The third kappa shape index (κ3) is 2.98. The first-order chi connectivity index (χ1) is 7.35. The molecule has 0 saturated carbocycles. The molecule has 1 aliphatic heterocycles. The van der Waals surface area contributed by atoms with Crippen LogP contribution in [0.15, 0.2) is 12.7 Å². The van der Waals surface area contributed by atoms with Crippen molar-refractivity contribution in [2.75, 3.05) is 13.2 Å². The van der Waals surface area contributed by atoms with Crippen LogP contribution in [0.1, 0.15) is 20.8 Å². The van der Waals surface area contributed by atoms with Gasteiger partial charge in [-0.25, -0.2) is 9.59 Å². The van der Waals surface area contributed by atoms with Crippen LogP contribution in [0.25, 0.3) is 0 Å². The Balaban J connectivity index is 2.66. The summed E-state index contributed by atoms with van der Waals surface area (Å²) in [6, 6.07) is -0.534. The lowest BCUT2D eigenvalue weighted by atomic mass is 10.2. The van der Waals surface area contributed by atoms with Gasteiger partial charge in [0.05, 0.1) is 0 Å². The van der Waals surface area contributed by atoms with Gasteiger partial charge in [-0.15, -0.1) is 6.58 Å². The van der Waals surface area contributed by atoms with Gasteiger partial charge in [0.15, 0.2) is 6.04 Å². The highest BCUT2D eigenvalue weighted by atomic mass is 16.6. The summed E-state index contributed by atoms with van der Waals surface area (Å²) in [5.41, 5.74) is -0.579. The molecule has 0 radical (unpaired) electrons. The van der Waals surface area contributed by atoms with E-state index in [2.05, 4.69) is 11.3 Å². The van der Waals surface area contributed by atoms with Gasteiger partial charge in [0, 0.05) is 6.54 Å². The molecule has 5 heteroatoms. The zero-order valence-corrected chi connectivity index (χ0v) is 9.86. The molecule has 0 N–H and O–H groups in total. The van der Waals surface area contributed by atoms with E-state index in [1.807, 2.05) is 0 Å². The Kier molecular flexibility index (Phi) is 3.57. The molecule has 0 spiro atoms. The highest BCUT2D eigenvalue weighted by Crippen LogP contribution is 2.17. The third-order valence-electron chi connectivity index (χ3n) is 1.99. The third-order valence-corrected chi connectivity index (χ3v) is 1.99. The Morgan fingerprint density at radius 3 is 2.62 bits per heavy atom. The minimum atomic E-state index is -0.579. The van der Waals surface area contributed by atoms with Gasteiger partial charge >= 0.3 is 12.1 Å². The molecule has 1 rings (SSSR count). The number of rotatable bonds is 3. The lowest BCUT2D eigenvalue weighted by Crippen LogP contribution is -2.56. The van der Waals surface area contributed by atoms with Crippen LogP contribution in [0, 0.1) is 0 Å². The molecule has 1 aliphatic rings. The van der Waals surface area contributed by atoms with E-state index >= 15 is 0 Å². The summed E-state index contributed by atoms with van der Waals surface area (Å²) in [7, 11) is 0. The second-order valence-electron chi connectivity index (χ2n) is 4.57. The van der Waals surface area contributed by atoms with E-state index < -0.39 is 23.7 Å². The van der Waals surface area contributed by atoms with Gasteiger partial charge in [0.25, 0.3) is 0 Å². The molecule has 90 valence electrons. The molecule has 5 nitrogen and oxygen atoms in total. The predicted octanol–water partition coefficient (Wildman–Crippen LogP) is 1.33. The van der Waals surface area contributed by atoms with Crippen molar-refractivity contribution in [3.05, 3.63) is 12.7 Å². The minimum absolute atomic E-state index is 0.228. The van der Waals surface area contributed by atoms with Crippen molar-refractivity contribution >= 4 is 12.1 Å². The van der Waals surface area contributed by atoms with Crippen LogP contribution in [-0.4, -0.2) is 41.8 Å². The molecule has 1 heterocycles. The summed E-state index contributed by atoms with van der Waals surface area (Å²) >= 11 is 0. The predicted molar refractivity (Wildman–Crippen MR) is 57.9 cm³/mol. The van der Waals surface area contributed by atoms with Crippen molar-refractivity contribution in [1.82, 2.24) is 4.90 Å². The Morgan fingerprint density at radius 2 is 2.31 bits per heavy atom. The highest BCUT2D eigenvalue weighted by molar-refractivity contribution is 5.85. The number of carbonyl (C=O) groups excluding carboxylic acids is 2. The molecule has 16 heavy (non-hydrogen) atoms. The van der Waals surface area contributed by atoms with E-state index in [0.29, 0.717) is 0 Å². The number of hydrogen-bond donors (Lipinski definition) is 0. The molecule has 0 aliphatic carbocycles. The molecule has 0 aromatic carbocycles. The maximum atomic E-state index is 11.8. The maximum Gasteiger partial charge on any atom is 0.411 e. The molecule has 0 unspecified atom stereocenters. The van der Waals surface area contributed by atoms with Gasteiger partial charge in [-0.1, -0.05) is 6.08 Å². The van der Waals surface area contributed by atoms with Crippen LogP contribution in [-0.2, 0) is 14.3 Å². The number of esters is 1. The standard InChI is InChI=1S/C11H17NO4/c1-5-6-12(8-7-15-9(8)13)10(14)16-11(2,3)4/h5,8H,1,6-7H2,2-4H3/t8-/m1/s1. The molecule has 1 atom stereocenters. The van der Waals surface area contributed by atoms with Gasteiger partial charge < -0.3 is 9.47 Å². The van der Waals surface area contributed by atoms with E-state index in [1.165, 1.54) is 4.90 Å². The van der Waals surface area contributed by atoms with Crippen LogP contribution in [0.5, 0.6) is 0 Å². The zero-order chi connectivity index (χ0) is 12.3. The largest absolute Gasteiger partial charge is 0.461 e. The Labute approximate surface area is 95.0 Å². The summed E-state index contributed by atoms with van der Waals surface area (Å²) in [5, 5.41) is 0. The van der Waals surface area contributed by atoms with Crippen molar-refractivity contribution in [1.29, 1.82) is 0 Å². The first-order valence-electron chi connectivity index (χ1n) is 5.12. The number of hydrogen-bond acceptors (Lipinski definition) is 4. The number of nitrogens with zero attached hydrogens (tertiary/aromatic N) is 1. The number of cyclic esters (lactones) is 1. The molecule has 0 bridgehead atoms. The number of carbonyl (C=O) groups is 2. The monoisotopic (exact) mass is 227 g/mol. The summed E-state index contributed by atoms with van der Waals surface area (Å²) < 4.78 is 9.82. The zero-order valence-electron chi connectivity index (χ0n) is 9.86. The van der Waals surface area contributed by atoms with Gasteiger partial charge in [-0.05, 0) is 20.8 Å². The van der Waals surface area contributed by atoms with Crippen LogP contribution >= 0.6 is 0 Å². The van der Waals surface area contributed by atoms with E-state index in [-0.39, 0.29) is 13.2 Å². The van der Waals surface area contributed by atoms with Crippen LogP contribution < -0.4 is 0 Å². The van der Waals surface area contributed by atoms with Crippen molar-refractivity contribution in [3.63, 3.8) is 0 Å². The summed E-state index contributed by atoms with van der Waals surface area (Å²) in [6.45, 7) is 9.37. The lowest BCUT2D eigenvalue weighted by molar-refractivity contribution is -0.170. The fourth-order valence-electron chi connectivity index (χ4n) is 1.23. The molecule has 0 aromatic heterocycles. The van der Waals surface area contributed by atoms with Crippen molar-refractivity contribution in [2.24, 2.45) is 0 Å². The van der Waals surface area contributed by atoms with Crippen molar-refractivity contribution in [2.45, 2.75) is 32.4 Å². The van der Waals surface area contributed by atoms with E-state index in [1.54, 1.807) is 26.8 Å². The SMILES string of the molecule is C=CCN(C(=O)OC(C)(C)C)[C@@H]1COC1=O. The van der Waals surface area contributed by atoms with Gasteiger partial charge in [-0.3, -0.25) is 4.90 Å². The van der Waals surface area contributed by atoms with Crippen LogP contribution in [0.3, 0.4) is 0 Å². The first kappa shape index (κ1) is 12.5. The Bertz CT molecular complexity index is 306. The fourth-order valence-corrected chi connectivity index (χ4v) is 1.23. The van der Waals surface area contributed by atoms with Gasteiger partial charge in [0.2, 0.25) is 0 Å². The first-order valence-corrected chi connectivity index (χ1v) is 5.12. The maximum absolute atomic E-state index is 11.8. The minimum Gasteiger partial charge on any atom is -0.461 e. The lowest BCUT2D eigenvalue weighted by Gasteiger charge is -2.35. The molecule has 0 aromatic rings.